The van der Waals surface area contributed by atoms with E-state index in [-0.39, 0.29) is 12.4 Å². The summed E-state index contributed by atoms with van der Waals surface area (Å²) in [6.07, 6.45) is 6.88. The van der Waals surface area contributed by atoms with Gasteiger partial charge in [-0.1, -0.05) is 43.5 Å². The molecule has 1 saturated carbocycles. The number of benzene rings is 2. The van der Waals surface area contributed by atoms with E-state index in [4.69, 9.17) is 5.11 Å². The van der Waals surface area contributed by atoms with Crippen LogP contribution in [0.1, 0.15) is 59.5 Å². The lowest BCUT2D eigenvalue weighted by Gasteiger charge is -2.36. The van der Waals surface area contributed by atoms with Crippen LogP contribution in [0.4, 0.5) is 5.69 Å². The Bertz CT molecular complexity index is 778. The molecule has 2 aromatic rings. The summed E-state index contributed by atoms with van der Waals surface area (Å²) in [6, 6.07) is 16.6. The van der Waals surface area contributed by atoms with Gasteiger partial charge in [-0.3, -0.25) is 4.90 Å². The number of carboxylic acids is 1. The van der Waals surface area contributed by atoms with Crippen molar-refractivity contribution in [3.8, 4) is 0 Å². The van der Waals surface area contributed by atoms with Gasteiger partial charge in [0, 0.05) is 38.4 Å². The zero-order valence-electron chi connectivity index (χ0n) is 16.9. The first-order valence-electron chi connectivity index (χ1n) is 10.6. The molecule has 0 amide bonds. The summed E-state index contributed by atoms with van der Waals surface area (Å²) in [4.78, 5) is 15.9. The van der Waals surface area contributed by atoms with E-state index < -0.39 is 5.97 Å². The molecule has 0 unspecified atom stereocenters. The molecule has 1 saturated heterocycles. The Balaban J connectivity index is 0.00000240. The van der Waals surface area contributed by atoms with Gasteiger partial charge in [-0.2, -0.15) is 0 Å². The molecular weight excluding hydrogens is 384 g/mol. The van der Waals surface area contributed by atoms with Crippen molar-refractivity contribution < 1.29 is 9.90 Å². The molecule has 0 spiro atoms. The van der Waals surface area contributed by atoms with Crippen LogP contribution in [0.25, 0.3) is 0 Å². The van der Waals surface area contributed by atoms with Crippen molar-refractivity contribution in [2.45, 2.75) is 44.6 Å². The highest BCUT2D eigenvalue weighted by Crippen LogP contribution is 2.33. The van der Waals surface area contributed by atoms with Crippen LogP contribution in [0.3, 0.4) is 0 Å². The smallest absolute Gasteiger partial charge is 0.335 e. The van der Waals surface area contributed by atoms with E-state index in [9.17, 15) is 4.79 Å². The molecule has 0 aromatic heterocycles. The molecule has 156 valence electrons. The molecule has 29 heavy (non-hydrogen) atoms. The number of halogens is 1. The predicted octanol–water partition coefficient (Wildman–Crippen LogP) is 5.18. The highest BCUT2D eigenvalue weighted by atomic mass is 35.5. The third kappa shape index (κ3) is 5.52. The van der Waals surface area contributed by atoms with Gasteiger partial charge in [0.1, 0.15) is 0 Å². The molecule has 2 fully saturated rings. The minimum absolute atomic E-state index is 0. The standard InChI is InChI=1S/C24H30N2O2.ClH/c27-24(28)22-8-6-19(7-9-22)18-25-14-16-26(17-15-25)23-12-10-21(11-13-23)20-4-2-1-3-5-20;/h6-13,20H,1-5,14-18H2,(H,27,28);1H. The Morgan fingerprint density at radius 2 is 1.48 bits per heavy atom. The van der Waals surface area contributed by atoms with Crippen molar-refractivity contribution in [2.24, 2.45) is 0 Å². The second-order valence-corrected chi connectivity index (χ2v) is 8.19. The van der Waals surface area contributed by atoms with E-state index in [1.54, 1.807) is 12.1 Å². The van der Waals surface area contributed by atoms with Crippen LogP contribution < -0.4 is 4.90 Å². The number of hydrogen-bond acceptors (Lipinski definition) is 3. The molecule has 1 aliphatic carbocycles. The number of carbonyl (C=O) groups is 1. The second-order valence-electron chi connectivity index (χ2n) is 8.19. The Labute approximate surface area is 179 Å². The largest absolute Gasteiger partial charge is 0.478 e. The summed E-state index contributed by atoms with van der Waals surface area (Å²) < 4.78 is 0. The van der Waals surface area contributed by atoms with E-state index in [0.717, 1.165) is 38.6 Å². The first kappa shape index (κ1) is 21.7. The minimum atomic E-state index is -0.866. The molecule has 2 aromatic carbocycles. The predicted molar refractivity (Wildman–Crippen MR) is 120 cm³/mol. The molecule has 0 atom stereocenters. The van der Waals surface area contributed by atoms with Crippen LogP contribution in [0.2, 0.25) is 0 Å². The average molecular weight is 415 g/mol. The van der Waals surface area contributed by atoms with Gasteiger partial charge in [0.25, 0.3) is 0 Å². The molecule has 0 radical (unpaired) electrons. The van der Waals surface area contributed by atoms with Crippen molar-refractivity contribution in [3.63, 3.8) is 0 Å². The highest BCUT2D eigenvalue weighted by molar-refractivity contribution is 5.87. The van der Waals surface area contributed by atoms with Crippen LogP contribution in [0.15, 0.2) is 48.5 Å². The van der Waals surface area contributed by atoms with E-state index in [2.05, 4.69) is 34.1 Å². The summed E-state index contributed by atoms with van der Waals surface area (Å²) in [5, 5.41) is 9.01. The van der Waals surface area contributed by atoms with Crippen molar-refractivity contribution in [3.05, 3.63) is 65.2 Å². The minimum Gasteiger partial charge on any atom is -0.478 e. The Morgan fingerprint density at radius 3 is 2.07 bits per heavy atom. The van der Waals surface area contributed by atoms with Gasteiger partial charge in [0.15, 0.2) is 0 Å². The van der Waals surface area contributed by atoms with Crippen molar-refractivity contribution in [1.29, 1.82) is 0 Å². The summed E-state index contributed by atoms with van der Waals surface area (Å²) in [6.45, 7) is 5.02. The topological polar surface area (TPSA) is 43.8 Å². The van der Waals surface area contributed by atoms with Gasteiger partial charge in [0.2, 0.25) is 0 Å². The zero-order chi connectivity index (χ0) is 19.3. The Hall–Kier alpha value is -2.04. The maximum Gasteiger partial charge on any atom is 0.335 e. The molecular formula is C24H31ClN2O2. The molecule has 0 bridgehead atoms. The Morgan fingerprint density at radius 1 is 0.862 bits per heavy atom. The average Bonchev–Trinajstić information content (AvgIpc) is 2.75. The van der Waals surface area contributed by atoms with E-state index >= 15 is 0 Å². The second kappa shape index (κ2) is 10.1. The highest BCUT2D eigenvalue weighted by Gasteiger charge is 2.19. The van der Waals surface area contributed by atoms with Crippen LogP contribution in [0, 0.1) is 0 Å². The van der Waals surface area contributed by atoms with Crippen molar-refractivity contribution in [2.75, 3.05) is 31.1 Å². The maximum atomic E-state index is 11.0. The SMILES string of the molecule is Cl.O=C(O)c1ccc(CN2CCN(c3ccc(C4CCCCC4)cc3)CC2)cc1. The lowest BCUT2D eigenvalue weighted by molar-refractivity contribution is 0.0697. The van der Waals surface area contributed by atoms with Crippen LogP contribution in [0.5, 0.6) is 0 Å². The van der Waals surface area contributed by atoms with E-state index in [0.29, 0.717) is 5.56 Å². The molecule has 2 aliphatic rings. The van der Waals surface area contributed by atoms with Gasteiger partial charge >= 0.3 is 5.97 Å². The summed E-state index contributed by atoms with van der Waals surface area (Å²) in [5.74, 6) is -0.0955. The lowest BCUT2D eigenvalue weighted by Crippen LogP contribution is -2.45. The van der Waals surface area contributed by atoms with Crippen LogP contribution in [-0.4, -0.2) is 42.2 Å². The Kier molecular flexibility index (Phi) is 7.57. The van der Waals surface area contributed by atoms with Gasteiger partial charge in [-0.25, -0.2) is 4.79 Å². The number of aromatic carboxylic acids is 1. The molecule has 1 N–H and O–H groups in total. The van der Waals surface area contributed by atoms with Crippen molar-refractivity contribution >= 4 is 24.1 Å². The third-order valence-electron chi connectivity index (χ3n) is 6.31. The van der Waals surface area contributed by atoms with Crippen LogP contribution in [-0.2, 0) is 6.54 Å². The van der Waals surface area contributed by atoms with Gasteiger partial charge in [-0.05, 0) is 54.2 Å². The maximum absolute atomic E-state index is 11.0. The number of carboxylic acid groups (broad SMARTS) is 1. The number of piperazine rings is 1. The van der Waals surface area contributed by atoms with E-state index in [1.165, 1.54) is 48.9 Å². The third-order valence-corrected chi connectivity index (χ3v) is 6.31. The summed E-state index contributed by atoms with van der Waals surface area (Å²) >= 11 is 0. The van der Waals surface area contributed by atoms with E-state index in [1.807, 2.05) is 12.1 Å². The fourth-order valence-electron chi connectivity index (χ4n) is 4.57. The number of rotatable bonds is 5. The van der Waals surface area contributed by atoms with Gasteiger partial charge in [-0.15, -0.1) is 12.4 Å². The monoisotopic (exact) mass is 414 g/mol. The van der Waals surface area contributed by atoms with Gasteiger partial charge < -0.3 is 10.0 Å². The van der Waals surface area contributed by atoms with Gasteiger partial charge in [0.05, 0.1) is 5.56 Å². The quantitative estimate of drug-likeness (QED) is 0.732. The lowest BCUT2D eigenvalue weighted by atomic mass is 9.84. The molecule has 4 nitrogen and oxygen atoms in total. The molecule has 1 aliphatic heterocycles. The number of anilines is 1. The molecule has 1 heterocycles. The van der Waals surface area contributed by atoms with Crippen LogP contribution >= 0.6 is 12.4 Å². The zero-order valence-corrected chi connectivity index (χ0v) is 17.7. The normalized spacial score (nSPS) is 18.3. The van der Waals surface area contributed by atoms with Crippen molar-refractivity contribution in [1.82, 2.24) is 4.90 Å². The molecule has 5 heteroatoms. The fourth-order valence-corrected chi connectivity index (χ4v) is 4.57. The number of nitrogens with zero attached hydrogens (tertiary/aromatic N) is 2. The summed E-state index contributed by atoms with van der Waals surface area (Å²) in [5.41, 5.74) is 4.39. The molecule has 4 rings (SSSR count). The first-order valence-corrected chi connectivity index (χ1v) is 10.6. The summed E-state index contributed by atoms with van der Waals surface area (Å²) in [7, 11) is 0. The first-order chi connectivity index (χ1) is 13.7. The fraction of sp³-hybridized carbons (Fsp3) is 0.458. The number of hydrogen-bond donors (Lipinski definition) is 1.